The van der Waals surface area contributed by atoms with Gasteiger partial charge in [0.1, 0.15) is 5.82 Å². The van der Waals surface area contributed by atoms with Crippen molar-refractivity contribution in [2.24, 2.45) is 5.92 Å². The summed E-state index contributed by atoms with van der Waals surface area (Å²) in [6, 6.07) is 10.1. The first kappa shape index (κ1) is 13.8. The van der Waals surface area contributed by atoms with E-state index in [-0.39, 0.29) is 6.61 Å². The van der Waals surface area contributed by atoms with Crippen LogP contribution in [0.3, 0.4) is 0 Å². The van der Waals surface area contributed by atoms with Crippen LogP contribution in [0.4, 0.5) is 0 Å². The summed E-state index contributed by atoms with van der Waals surface area (Å²) in [6.45, 7) is 0.275. The lowest BCUT2D eigenvalue weighted by Crippen LogP contribution is -2.21. The average Bonchev–Trinajstić information content (AvgIpc) is 3.04. The van der Waals surface area contributed by atoms with Crippen molar-refractivity contribution in [2.45, 2.75) is 31.7 Å². The van der Waals surface area contributed by atoms with Crippen molar-refractivity contribution in [1.82, 2.24) is 9.55 Å². The standard InChI is InChI=1S/C17H19N3O/c18-11-13-4-6-15(7-5-13)17-19-8-9-20(17)16-3-1-2-14(10-16)12-21/h4-9,14,16,21H,1-3,10,12H2/t14-,16-/m1/s1. The van der Waals surface area contributed by atoms with Crippen LogP contribution in [-0.4, -0.2) is 21.3 Å². The lowest BCUT2D eigenvalue weighted by molar-refractivity contribution is 0.163. The van der Waals surface area contributed by atoms with Gasteiger partial charge in [0.2, 0.25) is 0 Å². The van der Waals surface area contributed by atoms with Gasteiger partial charge in [-0.1, -0.05) is 6.42 Å². The summed E-state index contributed by atoms with van der Waals surface area (Å²) in [5, 5.41) is 18.3. The minimum Gasteiger partial charge on any atom is -0.396 e. The number of rotatable bonds is 3. The maximum atomic E-state index is 9.39. The van der Waals surface area contributed by atoms with Crippen LogP contribution in [-0.2, 0) is 0 Å². The van der Waals surface area contributed by atoms with Crippen LogP contribution in [0, 0.1) is 17.2 Å². The molecule has 0 amide bonds. The number of nitriles is 1. The van der Waals surface area contributed by atoms with E-state index in [1.54, 1.807) is 0 Å². The Bertz CT molecular complexity index is 639. The number of nitrogens with zero attached hydrogens (tertiary/aromatic N) is 3. The summed E-state index contributed by atoms with van der Waals surface area (Å²) in [6.07, 6.45) is 8.27. The average molecular weight is 281 g/mol. The van der Waals surface area contributed by atoms with Crippen molar-refractivity contribution < 1.29 is 5.11 Å². The van der Waals surface area contributed by atoms with Crippen molar-refractivity contribution in [3.8, 4) is 17.5 Å². The molecule has 1 aromatic carbocycles. The number of imidazole rings is 1. The number of aromatic nitrogens is 2. The van der Waals surface area contributed by atoms with Crippen LogP contribution in [0.15, 0.2) is 36.7 Å². The second-order valence-electron chi connectivity index (χ2n) is 5.72. The van der Waals surface area contributed by atoms with E-state index < -0.39 is 0 Å². The maximum Gasteiger partial charge on any atom is 0.140 e. The molecule has 2 atom stereocenters. The van der Waals surface area contributed by atoms with Crippen LogP contribution in [0.1, 0.15) is 37.3 Å². The smallest absolute Gasteiger partial charge is 0.140 e. The Balaban J connectivity index is 1.88. The zero-order valence-corrected chi connectivity index (χ0v) is 11.9. The molecule has 4 nitrogen and oxygen atoms in total. The molecule has 0 unspecified atom stereocenters. The van der Waals surface area contributed by atoms with Gasteiger partial charge in [-0.25, -0.2) is 4.98 Å². The van der Waals surface area contributed by atoms with Gasteiger partial charge in [-0.2, -0.15) is 5.26 Å². The lowest BCUT2D eigenvalue weighted by Gasteiger charge is -2.30. The molecule has 0 saturated heterocycles. The van der Waals surface area contributed by atoms with Crippen LogP contribution < -0.4 is 0 Å². The summed E-state index contributed by atoms with van der Waals surface area (Å²) < 4.78 is 2.23. The van der Waals surface area contributed by atoms with E-state index in [9.17, 15) is 5.11 Å². The van der Waals surface area contributed by atoms with Crippen molar-refractivity contribution in [3.05, 3.63) is 42.2 Å². The molecule has 1 heterocycles. The quantitative estimate of drug-likeness (QED) is 0.940. The van der Waals surface area contributed by atoms with Crippen LogP contribution >= 0.6 is 0 Å². The van der Waals surface area contributed by atoms with E-state index in [0.717, 1.165) is 37.1 Å². The minimum atomic E-state index is 0.275. The molecule has 3 rings (SSSR count). The van der Waals surface area contributed by atoms with E-state index in [4.69, 9.17) is 5.26 Å². The summed E-state index contributed by atoms with van der Waals surface area (Å²) in [5.74, 6) is 1.35. The Kier molecular flexibility index (Phi) is 4.03. The molecule has 2 aromatic rings. The van der Waals surface area contributed by atoms with Gasteiger partial charge in [0, 0.05) is 30.6 Å². The predicted molar refractivity (Wildman–Crippen MR) is 80.5 cm³/mol. The van der Waals surface area contributed by atoms with Crippen molar-refractivity contribution in [2.75, 3.05) is 6.61 Å². The normalized spacial score (nSPS) is 21.9. The topological polar surface area (TPSA) is 61.8 Å². The fraction of sp³-hybridized carbons (Fsp3) is 0.412. The van der Waals surface area contributed by atoms with Crippen molar-refractivity contribution >= 4 is 0 Å². The summed E-state index contributed by atoms with van der Waals surface area (Å²) in [5.41, 5.74) is 1.69. The highest BCUT2D eigenvalue weighted by Crippen LogP contribution is 2.34. The Morgan fingerprint density at radius 3 is 2.81 bits per heavy atom. The largest absolute Gasteiger partial charge is 0.396 e. The first-order valence-corrected chi connectivity index (χ1v) is 7.46. The van der Waals surface area contributed by atoms with Gasteiger partial charge in [0.25, 0.3) is 0 Å². The highest BCUT2D eigenvalue weighted by molar-refractivity contribution is 5.57. The van der Waals surface area contributed by atoms with Crippen LogP contribution in [0.5, 0.6) is 0 Å². The van der Waals surface area contributed by atoms with Gasteiger partial charge in [0.05, 0.1) is 11.6 Å². The van der Waals surface area contributed by atoms with Crippen molar-refractivity contribution in [1.29, 1.82) is 5.26 Å². The molecule has 0 radical (unpaired) electrons. The zero-order chi connectivity index (χ0) is 14.7. The molecule has 21 heavy (non-hydrogen) atoms. The molecule has 4 heteroatoms. The Labute approximate surface area is 124 Å². The fourth-order valence-electron chi connectivity index (χ4n) is 3.21. The highest BCUT2D eigenvalue weighted by Gasteiger charge is 2.24. The summed E-state index contributed by atoms with van der Waals surface area (Å²) in [4.78, 5) is 4.49. The Morgan fingerprint density at radius 1 is 1.29 bits per heavy atom. The number of hydrogen-bond acceptors (Lipinski definition) is 3. The second-order valence-corrected chi connectivity index (χ2v) is 5.72. The first-order chi connectivity index (χ1) is 10.3. The Hall–Kier alpha value is -2.12. The molecule has 0 spiro atoms. The monoisotopic (exact) mass is 281 g/mol. The third-order valence-electron chi connectivity index (χ3n) is 4.35. The van der Waals surface area contributed by atoms with Crippen molar-refractivity contribution in [3.63, 3.8) is 0 Å². The van der Waals surface area contributed by atoms with E-state index in [2.05, 4.69) is 15.6 Å². The predicted octanol–water partition coefficient (Wildman–Crippen LogP) is 3.15. The van der Waals surface area contributed by atoms with E-state index >= 15 is 0 Å². The van der Waals surface area contributed by atoms with E-state index in [1.807, 2.05) is 36.7 Å². The number of hydrogen-bond donors (Lipinski definition) is 1. The SMILES string of the molecule is N#Cc1ccc(-c2nccn2[C@@H]2CCC[C@@H](CO)C2)cc1. The lowest BCUT2D eigenvalue weighted by atomic mass is 9.86. The molecule has 1 saturated carbocycles. The molecule has 1 aliphatic rings. The Morgan fingerprint density at radius 2 is 2.10 bits per heavy atom. The second kappa shape index (κ2) is 6.11. The number of aliphatic hydroxyl groups is 1. The molecule has 0 aliphatic heterocycles. The molecule has 1 aliphatic carbocycles. The number of aliphatic hydroxyl groups excluding tert-OH is 1. The van der Waals surface area contributed by atoms with Gasteiger partial charge in [-0.3, -0.25) is 0 Å². The van der Waals surface area contributed by atoms with Gasteiger partial charge in [0.15, 0.2) is 0 Å². The van der Waals surface area contributed by atoms with Gasteiger partial charge in [-0.15, -0.1) is 0 Å². The zero-order valence-electron chi connectivity index (χ0n) is 11.9. The third-order valence-corrected chi connectivity index (χ3v) is 4.35. The van der Waals surface area contributed by atoms with Gasteiger partial charge >= 0.3 is 0 Å². The van der Waals surface area contributed by atoms with E-state index in [0.29, 0.717) is 17.5 Å². The molecular weight excluding hydrogens is 262 g/mol. The van der Waals surface area contributed by atoms with Gasteiger partial charge in [-0.05, 0) is 49.4 Å². The van der Waals surface area contributed by atoms with Gasteiger partial charge < -0.3 is 9.67 Å². The molecule has 0 bridgehead atoms. The third kappa shape index (κ3) is 2.84. The fourth-order valence-corrected chi connectivity index (χ4v) is 3.21. The maximum absolute atomic E-state index is 9.39. The summed E-state index contributed by atoms with van der Waals surface area (Å²) >= 11 is 0. The van der Waals surface area contributed by atoms with Crippen LogP contribution in [0.25, 0.3) is 11.4 Å². The molecule has 108 valence electrons. The molecule has 1 N–H and O–H groups in total. The molecule has 1 fully saturated rings. The molecular formula is C17H19N3O. The number of benzene rings is 1. The summed E-state index contributed by atoms with van der Waals surface area (Å²) in [7, 11) is 0. The first-order valence-electron chi connectivity index (χ1n) is 7.46. The van der Waals surface area contributed by atoms with Crippen LogP contribution in [0.2, 0.25) is 0 Å². The molecule has 1 aromatic heterocycles. The van der Waals surface area contributed by atoms with E-state index in [1.165, 1.54) is 0 Å². The highest BCUT2D eigenvalue weighted by atomic mass is 16.3. The minimum absolute atomic E-state index is 0.275.